The van der Waals surface area contributed by atoms with E-state index in [9.17, 15) is 12.8 Å². The summed E-state index contributed by atoms with van der Waals surface area (Å²) in [6, 6.07) is 12.1. The Kier molecular flexibility index (Phi) is 4.59. The van der Waals surface area contributed by atoms with Crippen molar-refractivity contribution >= 4 is 15.7 Å². The number of rotatable bonds is 5. The third-order valence-corrected chi connectivity index (χ3v) is 5.00. The van der Waals surface area contributed by atoms with Crippen molar-refractivity contribution in [2.24, 2.45) is 0 Å². The Labute approximate surface area is 123 Å². The minimum Gasteiger partial charge on any atom is -0.392 e. The highest BCUT2D eigenvalue weighted by molar-refractivity contribution is 7.92. The van der Waals surface area contributed by atoms with E-state index in [-0.39, 0.29) is 13.2 Å². The Bertz CT molecular complexity index is 717. The Morgan fingerprint density at radius 2 is 1.81 bits per heavy atom. The SMILES string of the molecule is CCN(c1ccccc1)S(=O)(=O)c1cc(CO)ccc1F. The van der Waals surface area contributed by atoms with Gasteiger partial charge in [-0.05, 0) is 36.8 Å². The lowest BCUT2D eigenvalue weighted by molar-refractivity contribution is 0.281. The van der Waals surface area contributed by atoms with E-state index in [1.807, 2.05) is 0 Å². The molecule has 0 heterocycles. The van der Waals surface area contributed by atoms with Gasteiger partial charge in [-0.1, -0.05) is 24.3 Å². The average molecular weight is 309 g/mol. The zero-order chi connectivity index (χ0) is 15.5. The van der Waals surface area contributed by atoms with Crippen molar-refractivity contribution in [2.75, 3.05) is 10.8 Å². The first-order valence-electron chi connectivity index (χ1n) is 6.47. The number of hydrogen-bond donors (Lipinski definition) is 1. The predicted octanol–water partition coefficient (Wildman–Crippen LogP) is 2.53. The summed E-state index contributed by atoms with van der Waals surface area (Å²) in [5.41, 5.74) is 0.813. The van der Waals surface area contributed by atoms with Gasteiger partial charge in [0.25, 0.3) is 10.0 Å². The van der Waals surface area contributed by atoms with E-state index in [1.165, 1.54) is 6.07 Å². The molecule has 0 amide bonds. The molecule has 0 radical (unpaired) electrons. The molecule has 0 aliphatic heterocycles. The van der Waals surface area contributed by atoms with E-state index in [2.05, 4.69) is 0 Å². The van der Waals surface area contributed by atoms with Crippen molar-refractivity contribution in [1.29, 1.82) is 0 Å². The molecule has 2 aromatic carbocycles. The lowest BCUT2D eigenvalue weighted by Crippen LogP contribution is -2.31. The monoisotopic (exact) mass is 309 g/mol. The number of anilines is 1. The molecule has 0 aromatic heterocycles. The second-order valence-corrected chi connectivity index (χ2v) is 6.26. The molecule has 6 heteroatoms. The largest absolute Gasteiger partial charge is 0.392 e. The zero-order valence-electron chi connectivity index (χ0n) is 11.5. The first kappa shape index (κ1) is 15.5. The average Bonchev–Trinajstić information content (AvgIpc) is 2.49. The maximum atomic E-state index is 13.9. The van der Waals surface area contributed by atoms with Crippen LogP contribution >= 0.6 is 0 Å². The second kappa shape index (κ2) is 6.24. The molecule has 0 aliphatic rings. The van der Waals surface area contributed by atoms with Gasteiger partial charge in [0.15, 0.2) is 0 Å². The lowest BCUT2D eigenvalue weighted by atomic mass is 10.2. The smallest absolute Gasteiger partial charge is 0.267 e. The fourth-order valence-electron chi connectivity index (χ4n) is 2.05. The molecule has 0 spiro atoms. The van der Waals surface area contributed by atoms with Crippen LogP contribution in [0.25, 0.3) is 0 Å². The van der Waals surface area contributed by atoms with Crippen LogP contribution in [0, 0.1) is 5.82 Å². The van der Waals surface area contributed by atoms with Gasteiger partial charge in [0, 0.05) is 6.54 Å². The molecule has 0 atom stereocenters. The van der Waals surface area contributed by atoms with E-state index in [4.69, 9.17) is 5.11 Å². The van der Waals surface area contributed by atoms with Gasteiger partial charge in [-0.3, -0.25) is 4.31 Å². The van der Waals surface area contributed by atoms with Crippen LogP contribution in [0.15, 0.2) is 53.4 Å². The number of sulfonamides is 1. The molecule has 0 unspecified atom stereocenters. The Balaban J connectivity index is 2.55. The zero-order valence-corrected chi connectivity index (χ0v) is 12.3. The van der Waals surface area contributed by atoms with E-state index < -0.39 is 20.7 Å². The van der Waals surface area contributed by atoms with Gasteiger partial charge in [-0.25, -0.2) is 12.8 Å². The van der Waals surface area contributed by atoms with Crippen LogP contribution in [0.2, 0.25) is 0 Å². The first-order valence-corrected chi connectivity index (χ1v) is 7.91. The molecular formula is C15H16FNO3S. The molecule has 0 fully saturated rings. The molecule has 0 saturated carbocycles. The maximum Gasteiger partial charge on any atom is 0.267 e. The number of nitrogens with zero attached hydrogens (tertiary/aromatic N) is 1. The summed E-state index contributed by atoms with van der Waals surface area (Å²) in [7, 11) is -4.02. The van der Waals surface area contributed by atoms with E-state index in [1.54, 1.807) is 37.3 Å². The number of benzene rings is 2. The summed E-state index contributed by atoms with van der Waals surface area (Å²) in [5.74, 6) is -0.832. The van der Waals surface area contributed by atoms with Crippen molar-refractivity contribution in [1.82, 2.24) is 0 Å². The van der Waals surface area contributed by atoms with Crippen LogP contribution in [-0.2, 0) is 16.6 Å². The number of halogens is 1. The van der Waals surface area contributed by atoms with E-state index in [0.717, 1.165) is 16.4 Å². The highest BCUT2D eigenvalue weighted by atomic mass is 32.2. The quantitative estimate of drug-likeness (QED) is 0.923. The van der Waals surface area contributed by atoms with Gasteiger partial charge in [0.05, 0.1) is 12.3 Å². The van der Waals surface area contributed by atoms with Crippen LogP contribution in [0.1, 0.15) is 12.5 Å². The van der Waals surface area contributed by atoms with Gasteiger partial charge in [-0.15, -0.1) is 0 Å². The van der Waals surface area contributed by atoms with E-state index >= 15 is 0 Å². The first-order chi connectivity index (χ1) is 10.0. The molecule has 4 nitrogen and oxygen atoms in total. The van der Waals surface area contributed by atoms with Crippen LogP contribution in [-0.4, -0.2) is 20.1 Å². The van der Waals surface area contributed by atoms with Crippen molar-refractivity contribution in [3.8, 4) is 0 Å². The van der Waals surface area contributed by atoms with Crippen LogP contribution in [0.5, 0.6) is 0 Å². The molecule has 0 bridgehead atoms. The number of para-hydroxylation sites is 1. The Hall–Kier alpha value is -1.92. The molecular weight excluding hydrogens is 293 g/mol. The van der Waals surface area contributed by atoms with Gasteiger partial charge in [0.1, 0.15) is 10.7 Å². The molecule has 0 aliphatic carbocycles. The molecule has 21 heavy (non-hydrogen) atoms. The van der Waals surface area contributed by atoms with Crippen molar-refractivity contribution in [3.63, 3.8) is 0 Å². The third kappa shape index (κ3) is 3.06. The van der Waals surface area contributed by atoms with Crippen molar-refractivity contribution in [2.45, 2.75) is 18.4 Å². The van der Waals surface area contributed by atoms with Crippen molar-refractivity contribution in [3.05, 3.63) is 59.9 Å². The fourth-order valence-corrected chi connectivity index (χ4v) is 3.64. The van der Waals surface area contributed by atoms with Gasteiger partial charge < -0.3 is 5.11 Å². The standard InChI is InChI=1S/C15H16FNO3S/c1-2-17(13-6-4-3-5-7-13)21(19,20)15-10-12(11-18)8-9-14(15)16/h3-10,18H,2,11H2,1H3. The minimum absolute atomic E-state index is 0.176. The summed E-state index contributed by atoms with van der Waals surface area (Å²) in [6.07, 6.45) is 0. The third-order valence-electron chi connectivity index (χ3n) is 3.08. The summed E-state index contributed by atoms with van der Waals surface area (Å²) < 4.78 is 40.4. The molecule has 2 aromatic rings. The fraction of sp³-hybridized carbons (Fsp3) is 0.200. The number of hydrogen-bond acceptors (Lipinski definition) is 3. The highest BCUT2D eigenvalue weighted by Crippen LogP contribution is 2.25. The maximum absolute atomic E-state index is 13.9. The molecule has 2 rings (SSSR count). The Morgan fingerprint density at radius 1 is 1.14 bits per heavy atom. The lowest BCUT2D eigenvalue weighted by Gasteiger charge is -2.23. The number of aliphatic hydroxyl groups is 1. The number of aliphatic hydroxyl groups excluding tert-OH is 1. The molecule has 1 N–H and O–H groups in total. The Morgan fingerprint density at radius 3 is 2.38 bits per heavy atom. The summed E-state index contributed by atoms with van der Waals surface area (Å²) >= 11 is 0. The predicted molar refractivity (Wildman–Crippen MR) is 79.0 cm³/mol. The molecule has 112 valence electrons. The van der Waals surface area contributed by atoms with Crippen LogP contribution < -0.4 is 4.31 Å². The van der Waals surface area contributed by atoms with Gasteiger partial charge in [-0.2, -0.15) is 0 Å². The van der Waals surface area contributed by atoms with Gasteiger partial charge in [0.2, 0.25) is 0 Å². The van der Waals surface area contributed by atoms with Crippen molar-refractivity contribution < 1.29 is 17.9 Å². The summed E-state index contributed by atoms with van der Waals surface area (Å²) in [5, 5.41) is 9.10. The normalized spacial score (nSPS) is 11.4. The second-order valence-electron chi connectivity index (χ2n) is 4.43. The van der Waals surface area contributed by atoms with Crippen LogP contribution in [0.4, 0.5) is 10.1 Å². The topological polar surface area (TPSA) is 57.6 Å². The summed E-state index contributed by atoms with van der Waals surface area (Å²) in [6.45, 7) is 1.51. The van der Waals surface area contributed by atoms with Crippen LogP contribution in [0.3, 0.4) is 0 Å². The van der Waals surface area contributed by atoms with E-state index in [0.29, 0.717) is 11.3 Å². The minimum atomic E-state index is -4.02. The van der Waals surface area contributed by atoms with Gasteiger partial charge >= 0.3 is 0 Å². The highest BCUT2D eigenvalue weighted by Gasteiger charge is 2.27. The summed E-state index contributed by atoms with van der Waals surface area (Å²) in [4.78, 5) is -0.431. The molecule has 0 saturated heterocycles.